The molecule has 9 heteroatoms. The SMILES string of the molecule is Cc1cc(C(=O)NCC(C)C)ccc1NC(=O)c1cc(S(=O)(=O)N2CCCCC2)cn1C. The van der Waals surface area contributed by atoms with Crippen molar-refractivity contribution in [3.8, 4) is 0 Å². The van der Waals surface area contributed by atoms with E-state index in [0.717, 1.165) is 24.8 Å². The highest BCUT2D eigenvalue weighted by atomic mass is 32.2. The fourth-order valence-corrected chi connectivity index (χ4v) is 5.27. The van der Waals surface area contributed by atoms with Gasteiger partial charge in [0.05, 0.1) is 0 Å². The van der Waals surface area contributed by atoms with Crippen LogP contribution in [0.2, 0.25) is 0 Å². The maximum Gasteiger partial charge on any atom is 0.272 e. The first-order chi connectivity index (χ1) is 15.1. The predicted molar refractivity (Wildman–Crippen MR) is 124 cm³/mol. The van der Waals surface area contributed by atoms with Crippen molar-refractivity contribution in [2.75, 3.05) is 25.0 Å². The van der Waals surface area contributed by atoms with Crippen LogP contribution in [0.15, 0.2) is 35.4 Å². The number of hydrogen-bond donors (Lipinski definition) is 2. The molecule has 1 aromatic heterocycles. The van der Waals surface area contributed by atoms with Crippen molar-refractivity contribution in [3.05, 3.63) is 47.3 Å². The highest BCUT2D eigenvalue weighted by molar-refractivity contribution is 7.89. The molecule has 0 radical (unpaired) electrons. The number of carbonyl (C=O) groups excluding carboxylic acids is 2. The quantitative estimate of drug-likeness (QED) is 0.663. The minimum absolute atomic E-state index is 0.126. The van der Waals surface area contributed by atoms with Gasteiger partial charge in [-0.2, -0.15) is 4.31 Å². The molecule has 1 saturated heterocycles. The Balaban J connectivity index is 1.74. The van der Waals surface area contributed by atoms with Gasteiger partial charge in [-0.3, -0.25) is 9.59 Å². The largest absolute Gasteiger partial charge is 0.352 e. The summed E-state index contributed by atoms with van der Waals surface area (Å²) in [5.41, 5.74) is 2.08. The highest BCUT2D eigenvalue weighted by Gasteiger charge is 2.28. The summed E-state index contributed by atoms with van der Waals surface area (Å²) >= 11 is 0. The van der Waals surface area contributed by atoms with E-state index in [2.05, 4.69) is 10.6 Å². The van der Waals surface area contributed by atoms with Crippen LogP contribution in [0.4, 0.5) is 5.69 Å². The number of nitrogens with zero attached hydrogens (tertiary/aromatic N) is 2. The fraction of sp³-hybridized carbons (Fsp3) is 0.478. The van der Waals surface area contributed by atoms with Crippen molar-refractivity contribution in [1.82, 2.24) is 14.2 Å². The number of anilines is 1. The summed E-state index contributed by atoms with van der Waals surface area (Å²) in [5, 5.41) is 5.70. The minimum Gasteiger partial charge on any atom is -0.352 e. The number of amides is 2. The molecule has 0 saturated carbocycles. The van der Waals surface area contributed by atoms with Crippen LogP contribution in [-0.4, -0.2) is 48.7 Å². The molecule has 2 aromatic rings. The predicted octanol–water partition coefficient (Wildman–Crippen LogP) is 3.15. The first kappa shape index (κ1) is 24.0. The molecule has 1 aliphatic rings. The number of rotatable bonds is 7. The average molecular weight is 461 g/mol. The van der Waals surface area contributed by atoms with E-state index in [1.165, 1.54) is 21.1 Å². The zero-order valence-corrected chi connectivity index (χ0v) is 20.0. The van der Waals surface area contributed by atoms with Crippen molar-refractivity contribution in [3.63, 3.8) is 0 Å². The second-order valence-corrected chi connectivity index (χ2v) is 10.7. The van der Waals surface area contributed by atoms with Crippen LogP contribution in [-0.2, 0) is 17.1 Å². The summed E-state index contributed by atoms with van der Waals surface area (Å²) in [7, 11) is -1.97. The van der Waals surface area contributed by atoms with Crippen LogP contribution in [0.1, 0.15) is 59.5 Å². The number of aromatic nitrogens is 1. The van der Waals surface area contributed by atoms with E-state index >= 15 is 0 Å². The summed E-state index contributed by atoms with van der Waals surface area (Å²) in [5.74, 6) is -0.213. The fourth-order valence-electron chi connectivity index (χ4n) is 3.69. The zero-order valence-electron chi connectivity index (χ0n) is 19.1. The third-order valence-electron chi connectivity index (χ3n) is 5.57. The molecule has 2 heterocycles. The maximum absolute atomic E-state index is 12.9. The summed E-state index contributed by atoms with van der Waals surface area (Å²) in [6.07, 6.45) is 4.22. The number of aryl methyl sites for hydroxylation is 2. The van der Waals surface area contributed by atoms with Crippen molar-refractivity contribution in [2.45, 2.75) is 44.9 Å². The standard InChI is InChI=1S/C23H32N4O4S/c1-16(2)14-24-22(28)18-8-9-20(17(3)12-18)25-23(29)21-13-19(15-26(21)4)32(30,31)27-10-6-5-7-11-27/h8-9,12-13,15-16H,5-7,10-11,14H2,1-4H3,(H,24,28)(H,25,29). The molecule has 0 aliphatic carbocycles. The van der Waals surface area contributed by atoms with Gasteiger partial charge < -0.3 is 15.2 Å². The van der Waals surface area contributed by atoms with E-state index in [1.807, 2.05) is 20.8 Å². The Bertz CT molecular complexity index is 1100. The second kappa shape index (κ2) is 9.87. The van der Waals surface area contributed by atoms with Gasteiger partial charge in [0.2, 0.25) is 10.0 Å². The number of hydrogen-bond acceptors (Lipinski definition) is 4. The van der Waals surface area contributed by atoms with Gasteiger partial charge in [0.1, 0.15) is 10.6 Å². The second-order valence-electron chi connectivity index (χ2n) is 8.72. The van der Waals surface area contributed by atoms with Gasteiger partial charge in [0.25, 0.3) is 11.8 Å². The molecule has 0 unspecified atom stereocenters. The monoisotopic (exact) mass is 460 g/mol. The molecule has 1 aliphatic heterocycles. The molecule has 2 N–H and O–H groups in total. The van der Waals surface area contributed by atoms with Crippen LogP contribution >= 0.6 is 0 Å². The van der Waals surface area contributed by atoms with Crippen molar-refractivity contribution >= 4 is 27.5 Å². The lowest BCUT2D eigenvalue weighted by atomic mass is 10.1. The maximum atomic E-state index is 12.9. The van der Waals surface area contributed by atoms with Crippen LogP contribution < -0.4 is 10.6 Å². The third kappa shape index (κ3) is 5.39. The number of carbonyl (C=O) groups is 2. The molecular formula is C23H32N4O4S. The Hall–Kier alpha value is -2.65. The van der Waals surface area contributed by atoms with E-state index in [1.54, 1.807) is 25.2 Å². The van der Waals surface area contributed by atoms with E-state index in [0.29, 0.717) is 36.8 Å². The summed E-state index contributed by atoms with van der Waals surface area (Å²) in [4.78, 5) is 25.3. The number of piperidine rings is 1. The van der Waals surface area contributed by atoms with Gasteiger partial charge in [-0.15, -0.1) is 0 Å². The Morgan fingerprint density at radius 1 is 1.06 bits per heavy atom. The van der Waals surface area contributed by atoms with Crippen molar-refractivity contribution in [1.29, 1.82) is 0 Å². The molecule has 1 fully saturated rings. The van der Waals surface area contributed by atoms with Gasteiger partial charge >= 0.3 is 0 Å². The van der Waals surface area contributed by atoms with E-state index in [4.69, 9.17) is 0 Å². The Morgan fingerprint density at radius 2 is 1.75 bits per heavy atom. The molecule has 0 atom stereocenters. The van der Waals surface area contributed by atoms with E-state index in [9.17, 15) is 18.0 Å². The lowest BCUT2D eigenvalue weighted by Gasteiger charge is -2.25. The normalized spacial score (nSPS) is 15.0. The molecule has 32 heavy (non-hydrogen) atoms. The molecule has 0 bridgehead atoms. The van der Waals surface area contributed by atoms with E-state index in [-0.39, 0.29) is 16.5 Å². The van der Waals surface area contributed by atoms with E-state index < -0.39 is 15.9 Å². The first-order valence-electron chi connectivity index (χ1n) is 11.0. The number of sulfonamides is 1. The van der Waals surface area contributed by atoms with Gasteiger partial charge in [0.15, 0.2) is 0 Å². The Morgan fingerprint density at radius 3 is 2.38 bits per heavy atom. The van der Waals surface area contributed by atoms with Crippen LogP contribution in [0.3, 0.4) is 0 Å². The summed E-state index contributed by atoms with van der Waals surface area (Å²) < 4.78 is 28.9. The third-order valence-corrected chi connectivity index (χ3v) is 7.44. The topological polar surface area (TPSA) is 101 Å². The molecule has 174 valence electrons. The van der Waals surface area contributed by atoms with Crippen molar-refractivity contribution < 1.29 is 18.0 Å². The van der Waals surface area contributed by atoms with Gasteiger partial charge in [-0.25, -0.2) is 8.42 Å². The lowest BCUT2D eigenvalue weighted by Crippen LogP contribution is -2.35. The first-order valence-corrected chi connectivity index (χ1v) is 12.4. The highest BCUT2D eigenvalue weighted by Crippen LogP contribution is 2.23. The summed E-state index contributed by atoms with van der Waals surface area (Å²) in [6, 6.07) is 6.49. The van der Waals surface area contributed by atoms with Crippen LogP contribution in [0.25, 0.3) is 0 Å². The molecule has 8 nitrogen and oxygen atoms in total. The summed E-state index contributed by atoms with van der Waals surface area (Å²) in [6.45, 7) is 7.47. The van der Waals surface area contributed by atoms with Crippen LogP contribution in [0, 0.1) is 12.8 Å². The lowest BCUT2D eigenvalue weighted by molar-refractivity contribution is 0.0948. The number of nitrogens with one attached hydrogen (secondary N) is 2. The molecule has 0 spiro atoms. The molecule has 1 aromatic carbocycles. The smallest absolute Gasteiger partial charge is 0.272 e. The zero-order chi connectivity index (χ0) is 23.5. The van der Waals surface area contributed by atoms with Gasteiger partial charge in [-0.05, 0) is 55.5 Å². The Labute approximate surface area is 190 Å². The Kier molecular flexibility index (Phi) is 7.40. The number of benzene rings is 1. The van der Waals surface area contributed by atoms with Gasteiger partial charge in [0, 0.05) is 44.1 Å². The van der Waals surface area contributed by atoms with Crippen molar-refractivity contribution in [2.24, 2.45) is 13.0 Å². The van der Waals surface area contributed by atoms with Crippen LogP contribution in [0.5, 0.6) is 0 Å². The molecule has 3 rings (SSSR count). The average Bonchev–Trinajstić information content (AvgIpc) is 3.16. The van der Waals surface area contributed by atoms with Gasteiger partial charge in [-0.1, -0.05) is 20.3 Å². The minimum atomic E-state index is -3.62. The molecular weight excluding hydrogens is 428 g/mol. The molecule has 2 amide bonds.